The summed E-state index contributed by atoms with van der Waals surface area (Å²) in [5.74, 6) is 1.000. The van der Waals surface area contributed by atoms with Crippen LogP contribution in [0.1, 0.15) is 5.82 Å². The Morgan fingerprint density at radius 1 is 1.38 bits per heavy atom. The van der Waals surface area contributed by atoms with E-state index >= 15 is 0 Å². The summed E-state index contributed by atoms with van der Waals surface area (Å²) in [5.41, 5.74) is 2.12. The van der Waals surface area contributed by atoms with E-state index in [0.717, 1.165) is 36.6 Å². The Labute approximate surface area is 95.2 Å². The summed E-state index contributed by atoms with van der Waals surface area (Å²) in [5, 5.41) is 0. The number of fused-ring (bicyclic) bond motifs is 1. The molecular weight excluding hydrogens is 202 g/mol. The first kappa shape index (κ1) is 11.1. The van der Waals surface area contributed by atoms with Crippen LogP contribution in [-0.4, -0.2) is 42.2 Å². The second-order valence-corrected chi connectivity index (χ2v) is 3.93. The Hall–Kier alpha value is -1.39. The third-order valence-electron chi connectivity index (χ3n) is 2.54. The van der Waals surface area contributed by atoms with Gasteiger partial charge in [-0.25, -0.2) is 4.98 Å². The van der Waals surface area contributed by atoms with Crippen LogP contribution in [0, 0.1) is 0 Å². The van der Waals surface area contributed by atoms with Crippen LogP contribution in [0.3, 0.4) is 0 Å². The van der Waals surface area contributed by atoms with Gasteiger partial charge >= 0.3 is 0 Å². The van der Waals surface area contributed by atoms with Crippen LogP contribution in [0.25, 0.3) is 11.0 Å². The van der Waals surface area contributed by atoms with Gasteiger partial charge in [-0.1, -0.05) is 12.1 Å². The largest absolute Gasteiger partial charge is 0.383 e. The SMILES string of the molecule is COCCN(C)Cc1nc2ccccc2[nH]1. The number of hydrogen-bond donors (Lipinski definition) is 1. The second-order valence-electron chi connectivity index (χ2n) is 3.93. The molecule has 0 bridgehead atoms. The zero-order chi connectivity index (χ0) is 11.4. The summed E-state index contributed by atoms with van der Waals surface area (Å²) in [4.78, 5) is 10.0. The molecule has 0 spiro atoms. The van der Waals surface area contributed by atoms with E-state index in [9.17, 15) is 0 Å². The minimum absolute atomic E-state index is 0.747. The molecular formula is C12H17N3O. The molecule has 4 heteroatoms. The molecule has 1 N–H and O–H groups in total. The Bertz CT molecular complexity index is 419. The number of para-hydroxylation sites is 2. The molecule has 4 nitrogen and oxygen atoms in total. The van der Waals surface area contributed by atoms with Crippen molar-refractivity contribution < 1.29 is 4.74 Å². The van der Waals surface area contributed by atoms with Gasteiger partial charge in [0.25, 0.3) is 0 Å². The summed E-state index contributed by atoms with van der Waals surface area (Å²) >= 11 is 0. The third kappa shape index (κ3) is 2.59. The van der Waals surface area contributed by atoms with Crippen LogP contribution >= 0.6 is 0 Å². The van der Waals surface area contributed by atoms with Crippen LogP contribution in [0.5, 0.6) is 0 Å². The molecule has 1 aromatic heterocycles. The fourth-order valence-electron chi connectivity index (χ4n) is 1.66. The van der Waals surface area contributed by atoms with E-state index in [-0.39, 0.29) is 0 Å². The lowest BCUT2D eigenvalue weighted by molar-refractivity contribution is 0.157. The first-order valence-electron chi connectivity index (χ1n) is 5.40. The fraction of sp³-hybridized carbons (Fsp3) is 0.417. The topological polar surface area (TPSA) is 41.1 Å². The van der Waals surface area contributed by atoms with Gasteiger partial charge in [0.2, 0.25) is 0 Å². The average molecular weight is 219 g/mol. The van der Waals surface area contributed by atoms with Crippen molar-refractivity contribution in [2.75, 3.05) is 27.3 Å². The highest BCUT2D eigenvalue weighted by molar-refractivity contribution is 5.74. The van der Waals surface area contributed by atoms with Crippen LogP contribution in [0.2, 0.25) is 0 Å². The van der Waals surface area contributed by atoms with E-state index in [2.05, 4.69) is 21.9 Å². The molecule has 0 radical (unpaired) electrons. The summed E-state index contributed by atoms with van der Waals surface area (Å²) in [6.45, 7) is 2.47. The van der Waals surface area contributed by atoms with E-state index in [1.807, 2.05) is 24.3 Å². The summed E-state index contributed by atoms with van der Waals surface area (Å²) < 4.78 is 5.04. The maximum Gasteiger partial charge on any atom is 0.121 e. The van der Waals surface area contributed by atoms with Crippen molar-refractivity contribution in [3.05, 3.63) is 30.1 Å². The first-order chi connectivity index (χ1) is 7.79. The number of aromatic nitrogens is 2. The molecule has 2 rings (SSSR count). The Morgan fingerprint density at radius 3 is 2.94 bits per heavy atom. The number of ether oxygens (including phenoxy) is 1. The molecule has 86 valence electrons. The van der Waals surface area contributed by atoms with E-state index in [1.165, 1.54) is 0 Å². The maximum absolute atomic E-state index is 5.04. The van der Waals surface area contributed by atoms with Gasteiger partial charge in [0.15, 0.2) is 0 Å². The fourth-order valence-corrected chi connectivity index (χ4v) is 1.66. The number of imidazole rings is 1. The van der Waals surface area contributed by atoms with E-state index in [1.54, 1.807) is 7.11 Å². The highest BCUT2D eigenvalue weighted by Crippen LogP contribution is 2.10. The zero-order valence-electron chi connectivity index (χ0n) is 9.73. The molecule has 16 heavy (non-hydrogen) atoms. The molecule has 0 aliphatic heterocycles. The maximum atomic E-state index is 5.04. The Balaban J connectivity index is 2.03. The molecule has 0 aliphatic rings. The van der Waals surface area contributed by atoms with Gasteiger partial charge in [0.1, 0.15) is 5.82 Å². The van der Waals surface area contributed by atoms with Crippen LogP contribution < -0.4 is 0 Å². The van der Waals surface area contributed by atoms with Crippen LogP contribution in [0.15, 0.2) is 24.3 Å². The second kappa shape index (κ2) is 5.09. The molecule has 1 heterocycles. The number of nitrogens with one attached hydrogen (secondary N) is 1. The van der Waals surface area contributed by atoms with Gasteiger partial charge in [-0.05, 0) is 19.2 Å². The Kier molecular flexibility index (Phi) is 3.54. The number of aromatic amines is 1. The van der Waals surface area contributed by atoms with Crippen molar-refractivity contribution >= 4 is 11.0 Å². The number of likely N-dealkylation sites (N-methyl/N-ethyl adjacent to an activating group) is 1. The number of methoxy groups -OCH3 is 1. The summed E-state index contributed by atoms with van der Waals surface area (Å²) in [6, 6.07) is 8.08. The van der Waals surface area contributed by atoms with Gasteiger partial charge in [-0.3, -0.25) is 4.90 Å². The van der Waals surface area contributed by atoms with Crippen LogP contribution in [0.4, 0.5) is 0 Å². The lowest BCUT2D eigenvalue weighted by Crippen LogP contribution is -2.22. The van der Waals surface area contributed by atoms with E-state index in [0.29, 0.717) is 0 Å². The lowest BCUT2D eigenvalue weighted by Gasteiger charge is -2.13. The zero-order valence-corrected chi connectivity index (χ0v) is 9.73. The molecule has 0 unspecified atom stereocenters. The monoisotopic (exact) mass is 219 g/mol. The van der Waals surface area contributed by atoms with Crippen molar-refractivity contribution in [2.24, 2.45) is 0 Å². The molecule has 0 saturated heterocycles. The molecule has 0 aliphatic carbocycles. The number of nitrogens with zero attached hydrogens (tertiary/aromatic N) is 2. The molecule has 0 atom stereocenters. The van der Waals surface area contributed by atoms with Gasteiger partial charge in [-0.2, -0.15) is 0 Å². The van der Waals surface area contributed by atoms with E-state index < -0.39 is 0 Å². The summed E-state index contributed by atoms with van der Waals surface area (Å²) in [6.07, 6.45) is 0. The van der Waals surface area contributed by atoms with Gasteiger partial charge in [0, 0.05) is 13.7 Å². The highest BCUT2D eigenvalue weighted by atomic mass is 16.5. The molecule has 2 aromatic rings. The third-order valence-corrected chi connectivity index (χ3v) is 2.54. The van der Waals surface area contributed by atoms with Crippen molar-refractivity contribution in [3.8, 4) is 0 Å². The number of rotatable bonds is 5. The molecule has 1 aromatic carbocycles. The van der Waals surface area contributed by atoms with Crippen molar-refractivity contribution in [1.82, 2.24) is 14.9 Å². The minimum atomic E-state index is 0.747. The molecule has 0 amide bonds. The smallest absolute Gasteiger partial charge is 0.121 e. The predicted octanol–water partition coefficient (Wildman–Crippen LogP) is 1.64. The normalized spacial score (nSPS) is 11.4. The quantitative estimate of drug-likeness (QED) is 0.831. The number of H-pyrrole nitrogens is 1. The number of hydrogen-bond acceptors (Lipinski definition) is 3. The average Bonchev–Trinajstić information content (AvgIpc) is 2.68. The van der Waals surface area contributed by atoms with E-state index in [4.69, 9.17) is 4.74 Å². The van der Waals surface area contributed by atoms with Crippen molar-refractivity contribution in [1.29, 1.82) is 0 Å². The predicted molar refractivity (Wildman–Crippen MR) is 64.3 cm³/mol. The van der Waals surface area contributed by atoms with Crippen molar-refractivity contribution in [2.45, 2.75) is 6.54 Å². The number of benzene rings is 1. The van der Waals surface area contributed by atoms with Gasteiger partial charge in [-0.15, -0.1) is 0 Å². The van der Waals surface area contributed by atoms with Gasteiger partial charge < -0.3 is 9.72 Å². The van der Waals surface area contributed by atoms with Crippen molar-refractivity contribution in [3.63, 3.8) is 0 Å². The first-order valence-corrected chi connectivity index (χ1v) is 5.40. The lowest BCUT2D eigenvalue weighted by atomic mass is 10.3. The van der Waals surface area contributed by atoms with Gasteiger partial charge in [0.05, 0.1) is 24.2 Å². The van der Waals surface area contributed by atoms with Crippen LogP contribution in [-0.2, 0) is 11.3 Å². The highest BCUT2D eigenvalue weighted by Gasteiger charge is 2.04. The minimum Gasteiger partial charge on any atom is -0.383 e. The molecule has 0 saturated carbocycles. The standard InChI is InChI=1S/C12H17N3O/c1-15(7-8-16-2)9-12-13-10-5-3-4-6-11(10)14-12/h3-6H,7-9H2,1-2H3,(H,13,14). The summed E-state index contributed by atoms with van der Waals surface area (Å²) in [7, 11) is 3.78. The molecule has 0 fully saturated rings. The Morgan fingerprint density at radius 2 is 2.19 bits per heavy atom.